The first-order chi connectivity index (χ1) is 6.29. The van der Waals surface area contributed by atoms with E-state index in [2.05, 4.69) is 4.98 Å². The third-order valence-corrected chi connectivity index (χ3v) is 3.47. The van der Waals surface area contributed by atoms with Gasteiger partial charge in [-0.25, -0.2) is 4.98 Å². The van der Waals surface area contributed by atoms with Gasteiger partial charge in [-0.1, -0.05) is 11.8 Å². The Balaban J connectivity index is 1.99. The van der Waals surface area contributed by atoms with Crippen molar-refractivity contribution in [1.29, 1.82) is 0 Å². The van der Waals surface area contributed by atoms with E-state index in [4.69, 9.17) is 5.11 Å². The van der Waals surface area contributed by atoms with Gasteiger partial charge >= 0.3 is 5.97 Å². The molecule has 0 fully saturated rings. The summed E-state index contributed by atoms with van der Waals surface area (Å²) in [6.45, 7) is 0. The summed E-state index contributed by atoms with van der Waals surface area (Å²) >= 11 is 3.32. The zero-order valence-corrected chi connectivity index (χ0v) is 8.74. The molecule has 13 heavy (non-hydrogen) atoms. The monoisotopic (exact) mass is 217 g/mol. The molecule has 0 aliphatic carbocycles. The number of rotatable bonds is 6. The molecule has 0 saturated heterocycles. The molecule has 0 spiro atoms. The first-order valence-electron chi connectivity index (χ1n) is 4.03. The fourth-order valence-corrected chi connectivity index (χ4v) is 2.53. The summed E-state index contributed by atoms with van der Waals surface area (Å²) in [6, 6.07) is 0. The zero-order chi connectivity index (χ0) is 9.52. The Morgan fingerprint density at radius 2 is 2.46 bits per heavy atom. The Morgan fingerprint density at radius 1 is 1.62 bits per heavy atom. The number of thiazole rings is 1. The SMILES string of the molecule is O=C(O)CCCCSc1nccs1. The van der Waals surface area contributed by atoms with E-state index in [0.29, 0.717) is 0 Å². The first kappa shape index (κ1) is 10.5. The Bertz CT molecular complexity index is 249. The third kappa shape index (κ3) is 4.90. The summed E-state index contributed by atoms with van der Waals surface area (Å²) in [6.07, 6.45) is 3.76. The fraction of sp³-hybridized carbons (Fsp3) is 0.500. The lowest BCUT2D eigenvalue weighted by atomic mass is 10.3. The van der Waals surface area contributed by atoms with Crippen LogP contribution in [0.1, 0.15) is 19.3 Å². The molecule has 1 N–H and O–H groups in total. The highest BCUT2D eigenvalue weighted by Gasteiger charge is 1.98. The lowest BCUT2D eigenvalue weighted by Gasteiger charge is -1.95. The van der Waals surface area contributed by atoms with Crippen LogP contribution >= 0.6 is 23.1 Å². The summed E-state index contributed by atoms with van der Waals surface area (Å²) in [5.41, 5.74) is 0. The van der Waals surface area contributed by atoms with Crippen LogP contribution < -0.4 is 0 Å². The Kier molecular flexibility index (Phi) is 4.85. The van der Waals surface area contributed by atoms with Crippen LogP contribution in [0.2, 0.25) is 0 Å². The molecule has 0 atom stereocenters. The van der Waals surface area contributed by atoms with Crippen molar-refractivity contribution in [2.24, 2.45) is 0 Å². The second-order valence-corrected chi connectivity index (χ2v) is 4.73. The van der Waals surface area contributed by atoms with Crippen molar-refractivity contribution in [3.05, 3.63) is 11.6 Å². The van der Waals surface area contributed by atoms with Crippen molar-refractivity contribution in [3.63, 3.8) is 0 Å². The molecule has 0 aromatic carbocycles. The van der Waals surface area contributed by atoms with Crippen molar-refractivity contribution >= 4 is 29.1 Å². The quantitative estimate of drug-likeness (QED) is 0.587. The second kappa shape index (κ2) is 5.99. The van der Waals surface area contributed by atoms with Gasteiger partial charge in [-0.2, -0.15) is 0 Å². The molecule has 0 radical (unpaired) electrons. The molecule has 0 aliphatic rings. The highest BCUT2D eigenvalue weighted by molar-refractivity contribution is 8.00. The van der Waals surface area contributed by atoms with Gasteiger partial charge < -0.3 is 5.11 Å². The van der Waals surface area contributed by atoms with E-state index < -0.39 is 5.97 Å². The van der Waals surface area contributed by atoms with Gasteiger partial charge in [0.05, 0.1) is 0 Å². The minimum absolute atomic E-state index is 0.276. The van der Waals surface area contributed by atoms with Gasteiger partial charge in [0.15, 0.2) is 0 Å². The van der Waals surface area contributed by atoms with Crippen LogP contribution in [0.4, 0.5) is 0 Å². The molecule has 0 aliphatic heterocycles. The maximum absolute atomic E-state index is 10.2. The molecule has 1 heterocycles. The molecule has 0 amide bonds. The molecule has 3 nitrogen and oxygen atoms in total. The summed E-state index contributed by atoms with van der Waals surface area (Å²) in [4.78, 5) is 14.3. The number of aliphatic carboxylic acids is 1. The third-order valence-electron chi connectivity index (χ3n) is 1.42. The average Bonchev–Trinajstić information content (AvgIpc) is 2.55. The molecular weight excluding hydrogens is 206 g/mol. The fourth-order valence-electron chi connectivity index (χ4n) is 0.819. The standard InChI is InChI=1S/C8H11NO2S2/c10-7(11)3-1-2-5-12-8-9-4-6-13-8/h4,6H,1-3,5H2,(H,10,11). The Hall–Kier alpha value is -0.550. The molecule has 5 heteroatoms. The number of hydrogen-bond donors (Lipinski definition) is 1. The smallest absolute Gasteiger partial charge is 0.303 e. The normalized spacial score (nSPS) is 10.2. The van der Waals surface area contributed by atoms with Crippen molar-refractivity contribution in [3.8, 4) is 0 Å². The van der Waals surface area contributed by atoms with E-state index >= 15 is 0 Å². The Labute approximate surface area is 85.2 Å². The van der Waals surface area contributed by atoms with Gasteiger partial charge in [0.25, 0.3) is 0 Å². The molecule has 72 valence electrons. The number of hydrogen-bond acceptors (Lipinski definition) is 4. The second-order valence-electron chi connectivity index (χ2n) is 2.50. The number of nitrogens with zero attached hydrogens (tertiary/aromatic N) is 1. The van der Waals surface area contributed by atoms with Gasteiger partial charge in [-0.05, 0) is 12.8 Å². The van der Waals surface area contributed by atoms with E-state index in [1.54, 1.807) is 29.3 Å². The summed E-state index contributed by atoms with van der Waals surface area (Å²) in [5.74, 6) is 0.250. The summed E-state index contributed by atoms with van der Waals surface area (Å²) in [7, 11) is 0. The van der Waals surface area contributed by atoms with Crippen LogP contribution in [0.3, 0.4) is 0 Å². The van der Waals surface area contributed by atoms with Gasteiger partial charge in [-0.15, -0.1) is 11.3 Å². The van der Waals surface area contributed by atoms with E-state index in [1.807, 2.05) is 5.38 Å². The van der Waals surface area contributed by atoms with E-state index in [1.165, 1.54) is 0 Å². The molecule has 1 aromatic rings. The number of unbranched alkanes of at least 4 members (excludes halogenated alkanes) is 1. The minimum atomic E-state index is -0.709. The molecule has 0 bridgehead atoms. The number of carbonyl (C=O) groups is 1. The predicted octanol–water partition coefficient (Wildman–Crippen LogP) is 2.49. The maximum Gasteiger partial charge on any atom is 0.303 e. The van der Waals surface area contributed by atoms with Gasteiger partial charge in [0, 0.05) is 23.8 Å². The zero-order valence-electron chi connectivity index (χ0n) is 7.10. The highest BCUT2D eigenvalue weighted by atomic mass is 32.2. The minimum Gasteiger partial charge on any atom is -0.481 e. The highest BCUT2D eigenvalue weighted by Crippen LogP contribution is 2.21. The average molecular weight is 217 g/mol. The molecular formula is C8H11NO2S2. The van der Waals surface area contributed by atoms with Crippen molar-refractivity contribution < 1.29 is 9.90 Å². The number of carboxylic acids is 1. The van der Waals surface area contributed by atoms with Gasteiger partial charge in [0.1, 0.15) is 4.34 Å². The van der Waals surface area contributed by atoms with E-state index in [-0.39, 0.29) is 6.42 Å². The largest absolute Gasteiger partial charge is 0.481 e. The van der Waals surface area contributed by atoms with E-state index in [0.717, 1.165) is 22.9 Å². The molecule has 1 rings (SSSR count). The predicted molar refractivity (Wildman–Crippen MR) is 54.3 cm³/mol. The van der Waals surface area contributed by atoms with Crippen molar-refractivity contribution in [1.82, 2.24) is 4.98 Å². The topological polar surface area (TPSA) is 50.2 Å². The maximum atomic E-state index is 10.2. The lowest BCUT2D eigenvalue weighted by Crippen LogP contribution is -1.94. The van der Waals surface area contributed by atoms with E-state index in [9.17, 15) is 4.79 Å². The van der Waals surface area contributed by atoms with Crippen LogP contribution in [0, 0.1) is 0 Å². The molecule has 0 saturated carbocycles. The molecule has 1 aromatic heterocycles. The van der Waals surface area contributed by atoms with Crippen LogP contribution in [0.15, 0.2) is 15.9 Å². The molecule has 0 unspecified atom stereocenters. The van der Waals surface area contributed by atoms with Crippen molar-refractivity contribution in [2.45, 2.75) is 23.6 Å². The number of aromatic nitrogens is 1. The van der Waals surface area contributed by atoms with Crippen LogP contribution in [-0.4, -0.2) is 21.8 Å². The van der Waals surface area contributed by atoms with Gasteiger partial charge in [0.2, 0.25) is 0 Å². The lowest BCUT2D eigenvalue weighted by molar-refractivity contribution is -0.137. The van der Waals surface area contributed by atoms with Crippen LogP contribution in [-0.2, 0) is 4.79 Å². The number of thioether (sulfide) groups is 1. The van der Waals surface area contributed by atoms with Gasteiger partial charge in [-0.3, -0.25) is 4.79 Å². The van der Waals surface area contributed by atoms with Crippen LogP contribution in [0.25, 0.3) is 0 Å². The Morgan fingerprint density at radius 3 is 3.08 bits per heavy atom. The first-order valence-corrected chi connectivity index (χ1v) is 5.89. The summed E-state index contributed by atoms with van der Waals surface area (Å²) < 4.78 is 1.07. The van der Waals surface area contributed by atoms with Crippen LogP contribution in [0.5, 0.6) is 0 Å². The number of carboxylic acid groups (broad SMARTS) is 1. The van der Waals surface area contributed by atoms with Crippen molar-refractivity contribution in [2.75, 3.05) is 5.75 Å². The summed E-state index contributed by atoms with van der Waals surface area (Å²) in [5, 5.41) is 10.3.